The molecular weight excluding hydrogens is 332 g/mol. The number of carboxylic acids is 1. The molecule has 0 aliphatic carbocycles. The minimum absolute atomic E-state index is 0.0342. The van der Waals surface area contributed by atoms with Gasteiger partial charge in [0.15, 0.2) is 0 Å². The summed E-state index contributed by atoms with van der Waals surface area (Å²) >= 11 is 0. The number of para-hydroxylation sites is 1. The van der Waals surface area contributed by atoms with Crippen LogP contribution in [0.1, 0.15) is 38.8 Å². The number of benzene rings is 2. The van der Waals surface area contributed by atoms with E-state index in [4.69, 9.17) is 5.11 Å². The fourth-order valence-corrected chi connectivity index (χ4v) is 2.66. The van der Waals surface area contributed by atoms with Crippen molar-refractivity contribution >= 4 is 23.5 Å². The molecule has 6 heteroatoms. The van der Waals surface area contributed by atoms with Gasteiger partial charge in [-0.15, -0.1) is 0 Å². The molecule has 2 N–H and O–H groups in total. The van der Waals surface area contributed by atoms with Crippen molar-refractivity contribution in [3.63, 3.8) is 0 Å². The van der Waals surface area contributed by atoms with Gasteiger partial charge in [-0.05, 0) is 50.1 Å². The van der Waals surface area contributed by atoms with Crippen molar-refractivity contribution in [1.29, 1.82) is 0 Å². The zero-order valence-corrected chi connectivity index (χ0v) is 15.1. The van der Waals surface area contributed by atoms with Crippen molar-refractivity contribution in [2.75, 3.05) is 18.4 Å². The summed E-state index contributed by atoms with van der Waals surface area (Å²) in [6.07, 6.45) is 0. The molecule has 26 heavy (non-hydrogen) atoms. The van der Waals surface area contributed by atoms with E-state index in [0.717, 1.165) is 16.8 Å². The first-order chi connectivity index (χ1) is 12.3. The van der Waals surface area contributed by atoms with Gasteiger partial charge in [-0.3, -0.25) is 9.59 Å². The molecule has 0 bridgehead atoms. The van der Waals surface area contributed by atoms with Gasteiger partial charge in [-0.1, -0.05) is 24.3 Å². The fraction of sp³-hybridized carbons (Fsp3) is 0.250. The number of nitrogens with zero attached hydrogens (tertiary/aromatic N) is 1. The van der Waals surface area contributed by atoms with Crippen LogP contribution in [0.2, 0.25) is 0 Å². The second-order valence-corrected chi connectivity index (χ2v) is 6.02. The Morgan fingerprint density at radius 1 is 1.00 bits per heavy atom. The van der Waals surface area contributed by atoms with E-state index in [1.54, 1.807) is 13.0 Å². The van der Waals surface area contributed by atoms with Gasteiger partial charge in [-0.2, -0.15) is 0 Å². The predicted octanol–water partition coefficient (Wildman–Crippen LogP) is 3.10. The Morgan fingerprint density at radius 2 is 1.58 bits per heavy atom. The Balaban J connectivity index is 2.13. The molecule has 0 saturated carbocycles. The van der Waals surface area contributed by atoms with Crippen molar-refractivity contribution in [2.45, 2.75) is 20.8 Å². The number of anilines is 1. The third-order valence-electron chi connectivity index (χ3n) is 4.11. The number of aromatic carboxylic acids is 1. The quantitative estimate of drug-likeness (QED) is 0.834. The van der Waals surface area contributed by atoms with Crippen LogP contribution in [-0.4, -0.2) is 40.9 Å². The van der Waals surface area contributed by atoms with Gasteiger partial charge < -0.3 is 15.3 Å². The van der Waals surface area contributed by atoms with Gasteiger partial charge in [-0.25, -0.2) is 4.79 Å². The molecule has 136 valence electrons. The molecule has 0 aromatic heterocycles. The number of carbonyl (C=O) groups excluding carboxylic acids is 2. The van der Waals surface area contributed by atoms with Crippen LogP contribution in [0.25, 0.3) is 0 Å². The number of nitrogens with one attached hydrogen (secondary N) is 1. The number of carbonyl (C=O) groups is 3. The number of amides is 2. The minimum Gasteiger partial charge on any atom is -0.478 e. The summed E-state index contributed by atoms with van der Waals surface area (Å²) in [5, 5.41) is 11.9. The van der Waals surface area contributed by atoms with E-state index in [0.29, 0.717) is 6.54 Å². The standard InChI is InChI=1S/C20H22N2O4/c1-4-22(19(24)15-9-6-10-16(11-15)20(25)26)12-17(23)21-18-13(2)7-5-8-14(18)3/h5-11H,4,12H2,1-3H3,(H,21,23)(H,25,26). The summed E-state index contributed by atoms with van der Waals surface area (Å²) in [5.41, 5.74) is 2.91. The highest BCUT2D eigenvalue weighted by atomic mass is 16.4. The van der Waals surface area contributed by atoms with Crippen LogP contribution in [-0.2, 0) is 4.79 Å². The normalized spacial score (nSPS) is 10.3. The molecule has 0 atom stereocenters. The van der Waals surface area contributed by atoms with Crippen molar-refractivity contribution in [1.82, 2.24) is 4.90 Å². The maximum absolute atomic E-state index is 12.6. The van der Waals surface area contributed by atoms with Crippen LogP contribution in [0.5, 0.6) is 0 Å². The van der Waals surface area contributed by atoms with Crippen LogP contribution < -0.4 is 5.32 Å². The molecule has 0 radical (unpaired) electrons. The van der Waals surface area contributed by atoms with Gasteiger partial charge in [0.25, 0.3) is 5.91 Å². The molecule has 2 aromatic carbocycles. The van der Waals surface area contributed by atoms with Gasteiger partial charge in [0, 0.05) is 17.8 Å². The Bertz CT molecular complexity index is 825. The SMILES string of the molecule is CCN(CC(=O)Nc1c(C)cccc1C)C(=O)c1cccc(C(=O)O)c1. The number of aryl methyl sites for hydroxylation is 2. The molecular formula is C20H22N2O4. The summed E-state index contributed by atoms with van der Waals surface area (Å²) in [6.45, 7) is 5.80. The maximum atomic E-state index is 12.6. The Labute approximate surface area is 152 Å². The summed E-state index contributed by atoms with van der Waals surface area (Å²) in [5.74, 6) is -1.78. The molecule has 0 heterocycles. The van der Waals surface area contributed by atoms with Crippen LogP contribution in [0, 0.1) is 13.8 Å². The monoisotopic (exact) mass is 354 g/mol. The first-order valence-electron chi connectivity index (χ1n) is 8.32. The summed E-state index contributed by atoms with van der Waals surface area (Å²) in [4.78, 5) is 37.5. The average Bonchev–Trinajstić information content (AvgIpc) is 2.62. The molecule has 0 spiro atoms. The molecule has 0 aliphatic rings. The van der Waals surface area contributed by atoms with E-state index >= 15 is 0 Å². The highest BCUT2D eigenvalue weighted by Crippen LogP contribution is 2.19. The summed E-state index contributed by atoms with van der Waals surface area (Å²) in [6, 6.07) is 11.5. The molecule has 0 aliphatic heterocycles. The second-order valence-electron chi connectivity index (χ2n) is 6.02. The molecule has 2 rings (SSSR count). The third kappa shape index (κ3) is 4.47. The zero-order chi connectivity index (χ0) is 19.3. The molecule has 2 aromatic rings. The number of rotatable bonds is 6. The van der Waals surface area contributed by atoms with Crippen molar-refractivity contribution in [3.05, 3.63) is 64.7 Å². The lowest BCUT2D eigenvalue weighted by Crippen LogP contribution is -2.38. The first-order valence-corrected chi connectivity index (χ1v) is 8.32. The summed E-state index contributed by atoms with van der Waals surface area (Å²) < 4.78 is 0. The van der Waals surface area contributed by atoms with E-state index in [9.17, 15) is 14.4 Å². The lowest BCUT2D eigenvalue weighted by Gasteiger charge is -2.21. The third-order valence-corrected chi connectivity index (χ3v) is 4.11. The topological polar surface area (TPSA) is 86.7 Å². The summed E-state index contributed by atoms with van der Waals surface area (Å²) in [7, 11) is 0. The van der Waals surface area contributed by atoms with Crippen LogP contribution in [0.3, 0.4) is 0 Å². The molecule has 0 saturated heterocycles. The zero-order valence-electron chi connectivity index (χ0n) is 15.1. The van der Waals surface area contributed by atoms with Crippen LogP contribution >= 0.6 is 0 Å². The van der Waals surface area contributed by atoms with Gasteiger partial charge in [0.05, 0.1) is 5.56 Å². The number of hydrogen-bond acceptors (Lipinski definition) is 3. The van der Waals surface area contributed by atoms with Crippen molar-refractivity contribution < 1.29 is 19.5 Å². The Kier molecular flexibility index (Phi) is 6.11. The highest BCUT2D eigenvalue weighted by Gasteiger charge is 2.19. The molecule has 6 nitrogen and oxygen atoms in total. The van der Waals surface area contributed by atoms with Gasteiger partial charge >= 0.3 is 5.97 Å². The molecule has 0 unspecified atom stereocenters. The Morgan fingerprint density at radius 3 is 2.15 bits per heavy atom. The minimum atomic E-state index is -1.10. The lowest BCUT2D eigenvalue weighted by molar-refractivity contribution is -0.116. The van der Waals surface area contributed by atoms with Crippen molar-refractivity contribution in [2.24, 2.45) is 0 Å². The smallest absolute Gasteiger partial charge is 0.335 e. The van der Waals surface area contributed by atoms with Crippen LogP contribution in [0.15, 0.2) is 42.5 Å². The number of hydrogen-bond donors (Lipinski definition) is 2. The predicted molar refractivity (Wildman–Crippen MR) is 99.5 cm³/mol. The van der Waals surface area contributed by atoms with Gasteiger partial charge in [0.2, 0.25) is 5.91 Å². The fourth-order valence-electron chi connectivity index (χ4n) is 2.66. The molecule has 2 amide bonds. The van der Waals surface area contributed by atoms with E-state index in [-0.39, 0.29) is 29.5 Å². The Hall–Kier alpha value is -3.15. The van der Waals surface area contributed by atoms with Crippen molar-refractivity contribution in [3.8, 4) is 0 Å². The van der Waals surface area contributed by atoms with E-state index in [1.165, 1.54) is 23.1 Å². The van der Waals surface area contributed by atoms with E-state index in [1.807, 2.05) is 32.0 Å². The largest absolute Gasteiger partial charge is 0.478 e. The average molecular weight is 354 g/mol. The lowest BCUT2D eigenvalue weighted by atomic mass is 10.1. The van der Waals surface area contributed by atoms with Crippen LogP contribution in [0.4, 0.5) is 5.69 Å². The first kappa shape index (κ1) is 19.2. The highest BCUT2D eigenvalue weighted by molar-refractivity contribution is 6.01. The second kappa shape index (κ2) is 8.29. The molecule has 0 fully saturated rings. The maximum Gasteiger partial charge on any atom is 0.335 e. The van der Waals surface area contributed by atoms with Gasteiger partial charge in [0.1, 0.15) is 6.54 Å². The van der Waals surface area contributed by atoms with E-state index in [2.05, 4.69) is 5.32 Å². The number of carboxylic acid groups (broad SMARTS) is 1. The van der Waals surface area contributed by atoms with E-state index < -0.39 is 5.97 Å². The number of likely N-dealkylation sites (N-methyl/N-ethyl adjacent to an activating group) is 1.